The van der Waals surface area contributed by atoms with Gasteiger partial charge in [-0.3, -0.25) is 14.6 Å². The predicted molar refractivity (Wildman–Crippen MR) is 82.3 cm³/mol. The summed E-state index contributed by atoms with van der Waals surface area (Å²) < 4.78 is 0. The smallest absolute Gasteiger partial charge is 0.270 e. The Bertz CT molecular complexity index is 846. The fraction of sp³-hybridized carbons (Fsp3) is 0.133. The summed E-state index contributed by atoms with van der Waals surface area (Å²) in [5, 5.41) is 3.42. The Morgan fingerprint density at radius 1 is 1.22 bits per heavy atom. The normalized spacial score (nSPS) is 12.0. The van der Waals surface area contributed by atoms with Crippen molar-refractivity contribution < 1.29 is 9.59 Å². The van der Waals surface area contributed by atoms with Gasteiger partial charge < -0.3 is 16.0 Å². The van der Waals surface area contributed by atoms with Crippen molar-refractivity contribution in [2.75, 3.05) is 0 Å². The van der Waals surface area contributed by atoms with Gasteiger partial charge in [-0.1, -0.05) is 0 Å². The van der Waals surface area contributed by atoms with Crippen molar-refractivity contribution in [1.29, 1.82) is 0 Å². The molecule has 0 saturated carbocycles. The maximum atomic E-state index is 12.3. The van der Waals surface area contributed by atoms with Crippen LogP contribution in [-0.2, 0) is 11.2 Å². The highest BCUT2D eigenvalue weighted by Crippen LogP contribution is 2.10. The minimum atomic E-state index is -0.849. The molecule has 23 heavy (non-hydrogen) atoms. The van der Waals surface area contributed by atoms with E-state index in [-0.39, 0.29) is 12.1 Å². The van der Waals surface area contributed by atoms with Gasteiger partial charge in [0.25, 0.3) is 5.91 Å². The summed E-state index contributed by atoms with van der Waals surface area (Å²) in [7, 11) is 0. The van der Waals surface area contributed by atoms with Gasteiger partial charge in [-0.15, -0.1) is 0 Å². The Labute approximate surface area is 131 Å². The van der Waals surface area contributed by atoms with Gasteiger partial charge in [0.05, 0.1) is 11.8 Å². The number of imidazole rings is 1. The van der Waals surface area contributed by atoms with E-state index in [0.29, 0.717) is 11.2 Å². The first-order valence-electron chi connectivity index (χ1n) is 6.91. The molecule has 0 saturated heterocycles. The Kier molecular flexibility index (Phi) is 3.96. The van der Waals surface area contributed by atoms with Crippen molar-refractivity contribution in [1.82, 2.24) is 25.3 Å². The van der Waals surface area contributed by atoms with Crippen molar-refractivity contribution >= 4 is 22.7 Å². The van der Waals surface area contributed by atoms with Crippen molar-refractivity contribution in [3.05, 3.63) is 54.5 Å². The standard InChI is InChI=1S/C15H14N6O2/c16-14(22)13(5-10-7-18-8-19-10)21-15(23)12-2-1-9-6-17-4-3-11(9)20-12/h1-4,6-8,13H,5H2,(H2,16,22)(H,18,19)(H,21,23)/t13-/m0/s1. The number of fused-ring (bicyclic) bond motifs is 1. The maximum Gasteiger partial charge on any atom is 0.270 e. The monoisotopic (exact) mass is 310 g/mol. The number of nitrogens with zero attached hydrogens (tertiary/aromatic N) is 3. The van der Waals surface area contributed by atoms with Crippen LogP contribution in [0.25, 0.3) is 10.9 Å². The van der Waals surface area contributed by atoms with E-state index in [1.807, 2.05) is 0 Å². The number of nitrogens with two attached hydrogens (primary N) is 1. The van der Waals surface area contributed by atoms with E-state index in [1.165, 1.54) is 6.33 Å². The molecule has 8 nitrogen and oxygen atoms in total. The first-order chi connectivity index (χ1) is 11.1. The van der Waals surface area contributed by atoms with Gasteiger partial charge in [-0.25, -0.2) is 9.97 Å². The summed E-state index contributed by atoms with van der Waals surface area (Å²) in [4.78, 5) is 38.8. The summed E-state index contributed by atoms with van der Waals surface area (Å²) in [6, 6.07) is 4.19. The molecule has 0 spiro atoms. The number of nitrogens with one attached hydrogen (secondary N) is 2. The van der Waals surface area contributed by atoms with E-state index in [2.05, 4.69) is 25.3 Å². The molecule has 0 radical (unpaired) electrons. The molecule has 3 rings (SSSR count). The summed E-state index contributed by atoms with van der Waals surface area (Å²) in [5.41, 5.74) is 6.91. The summed E-state index contributed by atoms with van der Waals surface area (Å²) in [5.74, 6) is -1.09. The average Bonchev–Trinajstić information content (AvgIpc) is 3.06. The van der Waals surface area contributed by atoms with Gasteiger partial charge in [0.15, 0.2) is 0 Å². The van der Waals surface area contributed by atoms with Gasteiger partial charge in [0, 0.05) is 36.1 Å². The summed E-state index contributed by atoms with van der Waals surface area (Å²) in [6.45, 7) is 0. The molecule has 0 aliphatic carbocycles. The minimum absolute atomic E-state index is 0.208. The molecule has 2 amide bonds. The zero-order valence-electron chi connectivity index (χ0n) is 12.1. The van der Waals surface area contributed by atoms with Gasteiger partial charge in [-0.05, 0) is 18.2 Å². The molecule has 8 heteroatoms. The molecule has 0 aromatic carbocycles. The number of aromatic amines is 1. The second-order valence-electron chi connectivity index (χ2n) is 4.97. The Hall–Kier alpha value is -3.29. The molecule has 3 heterocycles. The lowest BCUT2D eigenvalue weighted by Gasteiger charge is -2.14. The van der Waals surface area contributed by atoms with E-state index < -0.39 is 17.9 Å². The first kappa shape index (κ1) is 14.6. The maximum absolute atomic E-state index is 12.3. The average molecular weight is 310 g/mol. The number of carbonyl (C=O) groups is 2. The summed E-state index contributed by atoms with van der Waals surface area (Å²) in [6.07, 6.45) is 6.56. The number of amides is 2. The molecule has 116 valence electrons. The molecular weight excluding hydrogens is 296 g/mol. The third-order valence-corrected chi connectivity index (χ3v) is 3.35. The number of hydrogen-bond acceptors (Lipinski definition) is 5. The second kappa shape index (κ2) is 6.22. The fourth-order valence-corrected chi connectivity index (χ4v) is 2.16. The molecule has 1 atom stereocenters. The molecular formula is C15H14N6O2. The molecule has 0 unspecified atom stereocenters. The topological polar surface area (TPSA) is 127 Å². The summed E-state index contributed by atoms with van der Waals surface area (Å²) >= 11 is 0. The van der Waals surface area contributed by atoms with Crippen molar-refractivity contribution in [2.45, 2.75) is 12.5 Å². The number of pyridine rings is 2. The number of aromatic nitrogens is 4. The van der Waals surface area contributed by atoms with Gasteiger partial charge in [0.2, 0.25) is 5.91 Å². The van der Waals surface area contributed by atoms with Crippen LogP contribution in [0, 0.1) is 0 Å². The number of H-pyrrole nitrogens is 1. The lowest BCUT2D eigenvalue weighted by Crippen LogP contribution is -2.46. The molecule has 4 N–H and O–H groups in total. The van der Waals surface area contributed by atoms with Gasteiger partial charge in [-0.2, -0.15) is 0 Å². The van der Waals surface area contributed by atoms with E-state index in [1.54, 1.807) is 36.8 Å². The van der Waals surface area contributed by atoms with Crippen LogP contribution in [0.5, 0.6) is 0 Å². The Balaban J connectivity index is 1.78. The first-order valence-corrected chi connectivity index (χ1v) is 6.91. The minimum Gasteiger partial charge on any atom is -0.368 e. The molecule has 0 bridgehead atoms. The fourth-order valence-electron chi connectivity index (χ4n) is 2.16. The van der Waals surface area contributed by atoms with Crippen molar-refractivity contribution in [3.8, 4) is 0 Å². The van der Waals surface area contributed by atoms with Crippen LogP contribution in [0.3, 0.4) is 0 Å². The van der Waals surface area contributed by atoms with E-state index >= 15 is 0 Å². The zero-order chi connectivity index (χ0) is 16.2. The van der Waals surface area contributed by atoms with Crippen LogP contribution in [0.4, 0.5) is 0 Å². The SMILES string of the molecule is NC(=O)[C@H](Cc1cnc[nH]1)NC(=O)c1ccc2cnccc2n1. The number of hydrogen-bond donors (Lipinski definition) is 3. The molecule has 3 aromatic rings. The second-order valence-corrected chi connectivity index (χ2v) is 4.97. The third-order valence-electron chi connectivity index (χ3n) is 3.35. The van der Waals surface area contributed by atoms with Crippen LogP contribution in [0.15, 0.2) is 43.1 Å². The number of primary amides is 1. The van der Waals surface area contributed by atoms with Crippen LogP contribution in [0.2, 0.25) is 0 Å². The highest BCUT2D eigenvalue weighted by atomic mass is 16.2. The van der Waals surface area contributed by atoms with Crippen LogP contribution >= 0.6 is 0 Å². The molecule has 0 aliphatic rings. The van der Waals surface area contributed by atoms with E-state index in [4.69, 9.17) is 5.73 Å². The predicted octanol–water partition coefficient (Wildman–Crippen LogP) is 0.179. The van der Waals surface area contributed by atoms with Gasteiger partial charge in [0.1, 0.15) is 11.7 Å². The number of carbonyl (C=O) groups excluding carboxylic acids is 2. The van der Waals surface area contributed by atoms with E-state index in [0.717, 1.165) is 5.39 Å². The Morgan fingerprint density at radius 3 is 2.83 bits per heavy atom. The van der Waals surface area contributed by atoms with Crippen molar-refractivity contribution in [2.24, 2.45) is 5.73 Å². The van der Waals surface area contributed by atoms with Crippen LogP contribution in [0.1, 0.15) is 16.2 Å². The lowest BCUT2D eigenvalue weighted by molar-refractivity contribution is -0.119. The largest absolute Gasteiger partial charge is 0.368 e. The number of rotatable bonds is 5. The molecule has 0 aliphatic heterocycles. The van der Waals surface area contributed by atoms with Crippen LogP contribution < -0.4 is 11.1 Å². The Morgan fingerprint density at radius 2 is 2.09 bits per heavy atom. The van der Waals surface area contributed by atoms with Crippen LogP contribution in [-0.4, -0.2) is 37.8 Å². The third kappa shape index (κ3) is 3.31. The molecule has 3 aromatic heterocycles. The molecule has 0 fully saturated rings. The zero-order valence-corrected chi connectivity index (χ0v) is 12.1. The lowest BCUT2D eigenvalue weighted by atomic mass is 10.1. The van der Waals surface area contributed by atoms with Gasteiger partial charge >= 0.3 is 0 Å². The highest BCUT2D eigenvalue weighted by molar-refractivity contribution is 5.97. The highest BCUT2D eigenvalue weighted by Gasteiger charge is 2.20. The quantitative estimate of drug-likeness (QED) is 0.619. The van der Waals surface area contributed by atoms with Crippen molar-refractivity contribution in [3.63, 3.8) is 0 Å². The van der Waals surface area contributed by atoms with E-state index in [9.17, 15) is 9.59 Å².